The molecule has 0 amide bonds. The maximum absolute atomic E-state index is 4.98. The molecule has 0 radical (unpaired) electrons. The minimum absolute atomic E-state index is 0.698. The molecule has 2 rings (SSSR count). The predicted molar refractivity (Wildman–Crippen MR) is 77.8 cm³/mol. The van der Waals surface area contributed by atoms with Gasteiger partial charge in [-0.1, -0.05) is 11.8 Å². The van der Waals surface area contributed by atoms with Gasteiger partial charge in [-0.15, -0.1) is 5.10 Å². The van der Waals surface area contributed by atoms with E-state index in [2.05, 4.69) is 30.9 Å². The molecule has 0 aliphatic carbocycles. The second-order valence-electron chi connectivity index (χ2n) is 4.21. The third-order valence-electron chi connectivity index (χ3n) is 2.81. The zero-order chi connectivity index (χ0) is 14.9. The summed E-state index contributed by atoms with van der Waals surface area (Å²) in [5.74, 6) is 1.63. The number of aromatic nitrogens is 7. The quantitative estimate of drug-likeness (QED) is 0.476. The second kappa shape index (κ2) is 8.70. The average Bonchev–Trinajstić information content (AvgIpc) is 3.13. The Kier molecular flexibility index (Phi) is 6.57. The van der Waals surface area contributed by atoms with Crippen molar-refractivity contribution in [3.8, 4) is 0 Å². The van der Waals surface area contributed by atoms with Crippen molar-refractivity contribution in [3.05, 3.63) is 12.2 Å². The van der Waals surface area contributed by atoms with Crippen molar-refractivity contribution in [2.75, 3.05) is 26.8 Å². The van der Waals surface area contributed by atoms with Crippen molar-refractivity contribution >= 4 is 11.8 Å². The molecule has 0 bridgehead atoms. The summed E-state index contributed by atoms with van der Waals surface area (Å²) in [5.41, 5.74) is 0. The van der Waals surface area contributed by atoms with Crippen LogP contribution in [-0.2, 0) is 23.6 Å². The van der Waals surface area contributed by atoms with Crippen LogP contribution in [0.4, 0.5) is 0 Å². The van der Waals surface area contributed by atoms with Crippen LogP contribution < -0.4 is 5.32 Å². The summed E-state index contributed by atoms with van der Waals surface area (Å²) in [7, 11) is 1.69. The summed E-state index contributed by atoms with van der Waals surface area (Å²) >= 11 is 1.56. The monoisotopic (exact) mass is 312 g/mol. The van der Waals surface area contributed by atoms with Gasteiger partial charge in [-0.2, -0.15) is 5.10 Å². The van der Waals surface area contributed by atoms with Gasteiger partial charge in [0.2, 0.25) is 5.16 Å². The van der Waals surface area contributed by atoms with Crippen LogP contribution in [0.2, 0.25) is 0 Å². The van der Waals surface area contributed by atoms with Gasteiger partial charge < -0.3 is 10.1 Å². The largest absolute Gasteiger partial charge is 0.383 e. The van der Waals surface area contributed by atoms with Gasteiger partial charge in [-0.3, -0.25) is 0 Å². The minimum Gasteiger partial charge on any atom is -0.383 e. The van der Waals surface area contributed by atoms with E-state index in [1.54, 1.807) is 29.9 Å². The molecular formula is C11H20N8OS. The zero-order valence-electron chi connectivity index (χ0n) is 12.3. The minimum atomic E-state index is 0.698. The summed E-state index contributed by atoms with van der Waals surface area (Å²) in [6.45, 7) is 5.89. The summed E-state index contributed by atoms with van der Waals surface area (Å²) in [6, 6.07) is 0. The Balaban J connectivity index is 1.80. The van der Waals surface area contributed by atoms with Crippen LogP contribution in [0.1, 0.15) is 12.7 Å². The molecule has 0 saturated heterocycles. The van der Waals surface area contributed by atoms with Crippen molar-refractivity contribution in [3.63, 3.8) is 0 Å². The molecule has 116 valence electrons. The maximum atomic E-state index is 4.98. The van der Waals surface area contributed by atoms with Crippen molar-refractivity contribution in [2.24, 2.45) is 0 Å². The fourth-order valence-corrected chi connectivity index (χ4v) is 2.57. The molecule has 0 aromatic carbocycles. The highest BCUT2D eigenvalue weighted by Gasteiger charge is 2.09. The molecule has 0 spiro atoms. The molecule has 2 aromatic heterocycles. The third-order valence-corrected chi connectivity index (χ3v) is 3.76. The Hall–Kier alpha value is -1.52. The van der Waals surface area contributed by atoms with E-state index in [1.807, 2.05) is 11.6 Å². The summed E-state index contributed by atoms with van der Waals surface area (Å²) < 4.78 is 8.63. The van der Waals surface area contributed by atoms with Gasteiger partial charge in [0.15, 0.2) is 0 Å². The molecular weight excluding hydrogens is 292 g/mol. The first-order valence-corrected chi connectivity index (χ1v) is 7.79. The predicted octanol–water partition coefficient (Wildman–Crippen LogP) is -0.187. The van der Waals surface area contributed by atoms with Gasteiger partial charge in [0.25, 0.3) is 0 Å². The first kappa shape index (κ1) is 15.9. The SMILES string of the molecule is CCn1ncnc1CSc1nnnn1CCNCCOC. The van der Waals surface area contributed by atoms with E-state index in [4.69, 9.17) is 4.74 Å². The summed E-state index contributed by atoms with van der Waals surface area (Å²) in [4.78, 5) is 4.24. The smallest absolute Gasteiger partial charge is 0.209 e. The number of thioether (sulfide) groups is 1. The van der Waals surface area contributed by atoms with Gasteiger partial charge in [0.1, 0.15) is 12.2 Å². The van der Waals surface area contributed by atoms with Crippen LogP contribution in [0.5, 0.6) is 0 Å². The number of rotatable bonds is 10. The molecule has 0 fully saturated rings. The lowest BCUT2D eigenvalue weighted by Gasteiger charge is -2.06. The van der Waals surface area contributed by atoms with Crippen LogP contribution in [0.25, 0.3) is 0 Å². The highest BCUT2D eigenvalue weighted by Crippen LogP contribution is 2.18. The number of nitrogens with zero attached hydrogens (tertiary/aromatic N) is 7. The maximum Gasteiger partial charge on any atom is 0.209 e. The lowest BCUT2D eigenvalue weighted by Crippen LogP contribution is -2.24. The number of nitrogens with one attached hydrogen (secondary N) is 1. The zero-order valence-corrected chi connectivity index (χ0v) is 13.1. The van der Waals surface area contributed by atoms with Crippen molar-refractivity contribution in [2.45, 2.75) is 30.9 Å². The molecule has 0 unspecified atom stereocenters. The lowest BCUT2D eigenvalue weighted by molar-refractivity contribution is 0.199. The fraction of sp³-hybridized carbons (Fsp3) is 0.727. The van der Waals surface area contributed by atoms with Crippen molar-refractivity contribution < 1.29 is 4.74 Å². The molecule has 21 heavy (non-hydrogen) atoms. The van der Waals surface area contributed by atoms with Gasteiger partial charge in [-0.05, 0) is 17.4 Å². The van der Waals surface area contributed by atoms with E-state index in [0.717, 1.165) is 37.2 Å². The first-order valence-electron chi connectivity index (χ1n) is 6.80. The van der Waals surface area contributed by atoms with Gasteiger partial charge in [0, 0.05) is 26.7 Å². The van der Waals surface area contributed by atoms with Crippen LogP contribution in [0, 0.1) is 0 Å². The lowest BCUT2D eigenvalue weighted by atomic mass is 10.6. The second-order valence-corrected chi connectivity index (χ2v) is 5.15. The van der Waals surface area contributed by atoms with Crippen molar-refractivity contribution in [1.29, 1.82) is 0 Å². The number of hydrogen-bond acceptors (Lipinski definition) is 8. The highest BCUT2D eigenvalue weighted by molar-refractivity contribution is 7.98. The Morgan fingerprint density at radius 3 is 3.05 bits per heavy atom. The molecule has 0 aliphatic heterocycles. The van der Waals surface area contributed by atoms with E-state index >= 15 is 0 Å². The standard InChI is InChI=1S/C11H20N8OS/c1-3-18-10(13-9-14-18)8-21-11-15-16-17-19(11)6-4-12-5-7-20-2/h9,12H,3-8H2,1-2H3. The van der Waals surface area contributed by atoms with Crippen LogP contribution >= 0.6 is 11.8 Å². The van der Waals surface area contributed by atoms with E-state index in [1.165, 1.54) is 0 Å². The molecule has 9 nitrogen and oxygen atoms in total. The number of hydrogen-bond donors (Lipinski definition) is 1. The average molecular weight is 312 g/mol. The van der Waals surface area contributed by atoms with E-state index in [9.17, 15) is 0 Å². The molecule has 2 heterocycles. The van der Waals surface area contributed by atoms with Gasteiger partial charge in [0.05, 0.1) is 18.9 Å². The number of methoxy groups -OCH3 is 1. The number of aryl methyl sites for hydroxylation is 1. The Morgan fingerprint density at radius 1 is 1.33 bits per heavy atom. The Labute approximate surface area is 127 Å². The molecule has 1 N–H and O–H groups in total. The van der Waals surface area contributed by atoms with Gasteiger partial charge >= 0.3 is 0 Å². The third kappa shape index (κ3) is 4.76. The normalized spacial score (nSPS) is 11.1. The number of tetrazole rings is 1. The molecule has 10 heteroatoms. The van der Waals surface area contributed by atoms with Crippen LogP contribution in [0.3, 0.4) is 0 Å². The summed E-state index contributed by atoms with van der Waals surface area (Å²) in [6.07, 6.45) is 1.57. The van der Waals surface area contributed by atoms with Crippen LogP contribution in [0.15, 0.2) is 11.5 Å². The van der Waals surface area contributed by atoms with E-state index < -0.39 is 0 Å². The van der Waals surface area contributed by atoms with Gasteiger partial charge in [-0.25, -0.2) is 14.3 Å². The number of ether oxygens (including phenoxy) is 1. The fourth-order valence-electron chi connectivity index (χ4n) is 1.72. The Morgan fingerprint density at radius 2 is 2.24 bits per heavy atom. The Bertz CT molecular complexity index is 528. The molecule has 2 aromatic rings. The van der Waals surface area contributed by atoms with Crippen LogP contribution in [-0.4, -0.2) is 61.8 Å². The van der Waals surface area contributed by atoms with E-state index in [0.29, 0.717) is 12.4 Å². The first-order chi connectivity index (χ1) is 10.3. The van der Waals surface area contributed by atoms with E-state index in [-0.39, 0.29) is 0 Å². The topological polar surface area (TPSA) is 95.6 Å². The molecule has 0 aliphatic rings. The molecule has 0 atom stereocenters. The molecule has 0 saturated carbocycles. The summed E-state index contributed by atoms with van der Waals surface area (Å²) in [5, 5.41) is 20.0. The highest BCUT2D eigenvalue weighted by atomic mass is 32.2. The van der Waals surface area contributed by atoms with Crippen molar-refractivity contribution in [1.82, 2.24) is 40.3 Å².